The maximum atomic E-state index is 12.6. The van der Waals surface area contributed by atoms with Crippen LogP contribution in [0.3, 0.4) is 0 Å². The van der Waals surface area contributed by atoms with Gasteiger partial charge in [-0.1, -0.05) is 34.4 Å². The Morgan fingerprint density at radius 2 is 2.09 bits per heavy atom. The first kappa shape index (κ1) is 14.8. The molecule has 0 saturated carbocycles. The molecule has 0 radical (unpaired) electrons. The highest BCUT2D eigenvalue weighted by atomic mass is 35.5. The highest BCUT2D eigenvalue weighted by Gasteiger charge is 2.38. The van der Waals surface area contributed by atoms with Gasteiger partial charge in [-0.2, -0.15) is 0 Å². The van der Waals surface area contributed by atoms with Gasteiger partial charge in [0, 0.05) is 23.6 Å². The smallest absolute Gasteiger partial charge is 0.233 e. The third kappa shape index (κ3) is 2.28. The van der Waals surface area contributed by atoms with Gasteiger partial charge < -0.3 is 9.84 Å². The molecule has 2 aromatic rings. The largest absolute Gasteiger partial charge is 0.338 e. The molecule has 1 aliphatic heterocycles. The van der Waals surface area contributed by atoms with Gasteiger partial charge in [0.2, 0.25) is 5.88 Å². The summed E-state index contributed by atoms with van der Waals surface area (Å²) in [4.78, 5) is 12.6. The Kier molecular flexibility index (Phi) is 3.47. The van der Waals surface area contributed by atoms with Gasteiger partial charge in [-0.25, -0.2) is 0 Å². The van der Waals surface area contributed by atoms with Gasteiger partial charge in [0.25, 0.3) is 0 Å². The molecule has 0 bridgehead atoms. The standard InChI is InChI=1S/C17H14Cl2N2O2/c1-8-14-15(9-5-6-10(18)11(19)7-9)16-12(3-2-4-13(16)22)20-17(14)23-21-8/h5-7,15,20H,2-4H2,1H3/t15-/m0/s1. The Bertz CT molecular complexity index is 854. The summed E-state index contributed by atoms with van der Waals surface area (Å²) in [6.07, 6.45) is 2.25. The molecule has 23 heavy (non-hydrogen) atoms. The molecule has 1 N–H and O–H groups in total. The van der Waals surface area contributed by atoms with Crippen molar-refractivity contribution < 1.29 is 9.32 Å². The van der Waals surface area contributed by atoms with Gasteiger partial charge in [0.05, 0.1) is 21.3 Å². The molecule has 4 rings (SSSR count). The molecule has 2 heterocycles. The summed E-state index contributed by atoms with van der Waals surface area (Å²) in [6, 6.07) is 5.49. The lowest BCUT2D eigenvalue weighted by Gasteiger charge is -2.31. The molecule has 4 nitrogen and oxygen atoms in total. The van der Waals surface area contributed by atoms with Crippen LogP contribution in [-0.4, -0.2) is 10.9 Å². The Hall–Kier alpha value is -1.78. The van der Waals surface area contributed by atoms with E-state index in [0.29, 0.717) is 22.4 Å². The number of carbonyl (C=O) groups excluding carboxylic acids is 1. The number of anilines is 1. The minimum Gasteiger partial charge on any atom is -0.338 e. The number of hydrogen-bond acceptors (Lipinski definition) is 4. The van der Waals surface area contributed by atoms with Crippen molar-refractivity contribution in [1.29, 1.82) is 0 Å². The van der Waals surface area contributed by atoms with E-state index in [-0.39, 0.29) is 11.7 Å². The molecular formula is C17H14Cl2N2O2. The molecule has 0 amide bonds. The number of Topliss-reactive ketones (excluding diaryl/α,β-unsaturated/α-hetero) is 1. The van der Waals surface area contributed by atoms with Crippen molar-refractivity contribution in [2.75, 3.05) is 5.32 Å². The van der Waals surface area contributed by atoms with Crippen LogP contribution in [0.25, 0.3) is 0 Å². The summed E-state index contributed by atoms with van der Waals surface area (Å²) in [7, 11) is 0. The molecule has 1 aliphatic carbocycles. The van der Waals surface area contributed by atoms with E-state index >= 15 is 0 Å². The number of carbonyl (C=O) groups is 1. The van der Waals surface area contributed by atoms with Gasteiger partial charge in [0.1, 0.15) is 0 Å². The molecule has 6 heteroatoms. The maximum absolute atomic E-state index is 12.6. The Balaban J connectivity index is 1.95. The average molecular weight is 349 g/mol. The van der Waals surface area contributed by atoms with Crippen molar-refractivity contribution in [2.45, 2.75) is 32.1 Å². The third-order valence-corrected chi connectivity index (χ3v) is 5.22. The van der Waals surface area contributed by atoms with Crippen molar-refractivity contribution in [2.24, 2.45) is 0 Å². The number of rotatable bonds is 1. The molecule has 1 atom stereocenters. The predicted molar refractivity (Wildman–Crippen MR) is 89.1 cm³/mol. The molecule has 0 saturated heterocycles. The lowest BCUT2D eigenvalue weighted by Crippen LogP contribution is -2.26. The molecule has 0 unspecified atom stereocenters. The number of nitrogens with zero attached hydrogens (tertiary/aromatic N) is 1. The third-order valence-electron chi connectivity index (χ3n) is 4.48. The molecule has 0 fully saturated rings. The van der Waals surface area contributed by atoms with Gasteiger partial charge >= 0.3 is 0 Å². The number of nitrogens with one attached hydrogen (secondary N) is 1. The lowest BCUT2D eigenvalue weighted by atomic mass is 9.76. The quantitative estimate of drug-likeness (QED) is 0.799. The number of halogens is 2. The molecule has 118 valence electrons. The summed E-state index contributed by atoms with van der Waals surface area (Å²) in [5.74, 6) is 0.572. The fourth-order valence-corrected chi connectivity index (χ4v) is 3.75. The van der Waals surface area contributed by atoms with Gasteiger partial charge in [-0.3, -0.25) is 4.79 Å². The number of ketones is 1. The van der Waals surface area contributed by atoms with Gasteiger partial charge in [0.15, 0.2) is 5.78 Å². The molecule has 1 aromatic heterocycles. The predicted octanol–water partition coefficient (Wildman–Crippen LogP) is 4.85. The fourth-order valence-electron chi connectivity index (χ4n) is 3.44. The van der Waals surface area contributed by atoms with Crippen LogP contribution in [0.4, 0.5) is 5.88 Å². The Morgan fingerprint density at radius 3 is 2.87 bits per heavy atom. The number of fused-ring (bicyclic) bond motifs is 1. The molecule has 1 aromatic carbocycles. The number of aromatic nitrogens is 1. The minimum atomic E-state index is -0.213. The SMILES string of the molecule is Cc1noc2c1[C@H](c1ccc(Cl)c(Cl)c1)C1=C(CCCC1=O)N2. The summed E-state index contributed by atoms with van der Waals surface area (Å²) in [5.41, 5.74) is 4.33. The molecular weight excluding hydrogens is 335 g/mol. The van der Waals surface area contributed by atoms with Gasteiger partial charge in [-0.15, -0.1) is 0 Å². The first-order chi connectivity index (χ1) is 11.1. The summed E-state index contributed by atoms with van der Waals surface area (Å²) < 4.78 is 5.41. The van der Waals surface area contributed by atoms with Crippen LogP contribution in [0, 0.1) is 6.92 Å². The first-order valence-electron chi connectivity index (χ1n) is 7.50. The molecule has 0 spiro atoms. The highest BCUT2D eigenvalue weighted by Crippen LogP contribution is 2.47. The fraction of sp³-hybridized carbons (Fsp3) is 0.294. The van der Waals surface area contributed by atoms with E-state index in [4.69, 9.17) is 27.7 Å². The minimum absolute atomic E-state index is 0.168. The zero-order chi connectivity index (χ0) is 16.1. The Labute approximate surface area is 143 Å². The maximum Gasteiger partial charge on any atom is 0.233 e. The van der Waals surface area contributed by atoms with Crippen LogP contribution in [0.15, 0.2) is 34.0 Å². The van der Waals surface area contributed by atoms with Crippen LogP contribution < -0.4 is 5.32 Å². The van der Waals surface area contributed by atoms with Crippen molar-refractivity contribution >= 4 is 34.9 Å². The average Bonchev–Trinajstić information content (AvgIpc) is 2.90. The first-order valence-corrected chi connectivity index (χ1v) is 8.26. The number of benzene rings is 1. The Morgan fingerprint density at radius 1 is 1.26 bits per heavy atom. The lowest BCUT2D eigenvalue weighted by molar-refractivity contribution is -0.116. The monoisotopic (exact) mass is 348 g/mol. The summed E-state index contributed by atoms with van der Waals surface area (Å²) in [5, 5.41) is 8.28. The second-order valence-corrected chi connectivity index (χ2v) is 6.73. The number of aryl methyl sites for hydroxylation is 1. The van der Waals surface area contributed by atoms with Crippen LogP contribution in [-0.2, 0) is 4.79 Å². The topological polar surface area (TPSA) is 55.1 Å². The van der Waals surface area contributed by atoms with Gasteiger partial charge in [-0.05, 0) is 37.5 Å². The summed E-state index contributed by atoms with van der Waals surface area (Å²) >= 11 is 12.2. The van der Waals surface area contributed by atoms with Crippen LogP contribution in [0.5, 0.6) is 0 Å². The van der Waals surface area contributed by atoms with E-state index in [1.807, 2.05) is 19.1 Å². The van der Waals surface area contributed by atoms with Crippen molar-refractivity contribution in [3.05, 3.63) is 56.3 Å². The van der Waals surface area contributed by atoms with E-state index in [1.54, 1.807) is 6.07 Å². The number of allylic oxidation sites excluding steroid dienone is 2. The normalized spacial score (nSPS) is 20.1. The zero-order valence-electron chi connectivity index (χ0n) is 12.5. The van der Waals surface area contributed by atoms with Crippen molar-refractivity contribution in [1.82, 2.24) is 5.16 Å². The van der Waals surface area contributed by atoms with Crippen LogP contribution >= 0.6 is 23.2 Å². The van der Waals surface area contributed by atoms with E-state index in [2.05, 4.69) is 10.5 Å². The van der Waals surface area contributed by atoms with Crippen LogP contribution in [0.1, 0.15) is 42.0 Å². The van der Waals surface area contributed by atoms with E-state index < -0.39 is 0 Å². The van der Waals surface area contributed by atoms with E-state index in [9.17, 15) is 4.79 Å². The number of hydrogen-bond donors (Lipinski definition) is 1. The van der Waals surface area contributed by atoms with E-state index in [0.717, 1.165) is 40.9 Å². The van der Waals surface area contributed by atoms with Crippen molar-refractivity contribution in [3.63, 3.8) is 0 Å². The summed E-state index contributed by atoms with van der Waals surface area (Å²) in [6.45, 7) is 1.88. The van der Waals surface area contributed by atoms with Crippen molar-refractivity contribution in [3.8, 4) is 0 Å². The second kappa shape index (κ2) is 5.39. The second-order valence-electron chi connectivity index (χ2n) is 5.91. The van der Waals surface area contributed by atoms with E-state index in [1.165, 1.54) is 0 Å². The zero-order valence-corrected chi connectivity index (χ0v) is 14.0. The molecule has 2 aliphatic rings. The highest BCUT2D eigenvalue weighted by molar-refractivity contribution is 6.42. The van der Waals surface area contributed by atoms with Crippen LogP contribution in [0.2, 0.25) is 10.0 Å².